The maximum Gasteiger partial charge on any atom is 0.247 e. The highest BCUT2D eigenvalue weighted by Gasteiger charge is 2.40. The number of anilines is 1. The summed E-state index contributed by atoms with van der Waals surface area (Å²) in [5.74, 6) is 1.14. The maximum absolute atomic E-state index is 12.3. The quantitative estimate of drug-likeness (QED) is 0.830. The molecule has 1 aromatic rings. The molecule has 2 amide bonds. The summed E-state index contributed by atoms with van der Waals surface area (Å²) in [6.07, 6.45) is 0.165. The Labute approximate surface area is 126 Å². The van der Waals surface area contributed by atoms with Gasteiger partial charge in [0.25, 0.3) is 0 Å². The van der Waals surface area contributed by atoms with Crippen molar-refractivity contribution < 1.29 is 24.2 Å². The van der Waals surface area contributed by atoms with Crippen molar-refractivity contribution in [2.75, 3.05) is 30.5 Å². The molecule has 21 heavy (non-hydrogen) atoms. The Morgan fingerprint density at radius 2 is 2.00 bits per heavy atom. The summed E-state index contributed by atoms with van der Waals surface area (Å²) >= 11 is 1.31. The topological polar surface area (TPSA) is 76.1 Å². The van der Waals surface area contributed by atoms with Gasteiger partial charge in [0.05, 0.1) is 17.5 Å². The summed E-state index contributed by atoms with van der Waals surface area (Å²) in [7, 11) is 0. The number of carbonyl (C=O) groups is 2. The Hall–Kier alpha value is -1.73. The van der Waals surface area contributed by atoms with Gasteiger partial charge >= 0.3 is 0 Å². The van der Waals surface area contributed by atoms with Crippen molar-refractivity contribution in [2.24, 2.45) is 0 Å². The lowest BCUT2D eigenvalue weighted by atomic mass is 10.2. The number of aliphatic hydroxyl groups excluding tert-OH is 1. The predicted molar refractivity (Wildman–Crippen MR) is 77.9 cm³/mol. The SMILES string of the molecule is O=C1C[C@H](SCCO)C(=O)N1c1ccc2c(c1)OCCO2. The number of imide groups is 1. The van der Waals surface area contributed by atoms with Crippen LogP contribution in [0.15, 0.2) is 18.2 Å². The molecule has 0 saturated carbocycles. The molecule has 2 aliphatic rings. The molecule has 112 valence electrons. The lowest BCUT2D eigenvalue weighted by Crippen LogP contribution is -2.31. The Kier molecular flexibility index (Phi) is 4.03. The summed E-state index contributed by atoms with van der Waals surface area (Å²) < 4.78 is 10.9. The zero-order chi connectivity index (χ0) is 14.8. The molecule has 6 nitrogen and oxygen atoms in total. The molecule has 0 aliphatic carbocycles. The lowest BCUT2D eigenvalue weighted by Gasteiger charge is -2.21. The highest BCUT2D eigenvalue weighted by Crippen LogP contribution is 2.36. The third-order valence-electron chi connectivity index (χ3n) is 3.30. The number of rotatable bonds is 4. The first-order chi connectivity index (χ1) is 10.2. The van der Waals surface area contributed by atoms with E-state index in [4.69, 9.17) is 14.6 Å². The van der Waals surface area contributed by atoms with Crippen LogP contribution in [0.4, 0.5) is 5.69 Å². The van der Waals surface area contributed by atoms with Gasteiger partial charge in [-0.1, -0.05) is 0 Å². The van der Waals surface area contributed by atoms with E-state index in [9.17, 15) is 9.59 Å². The number of fused-ring (bicyclic) bond motifs is 1. The third kappa shape index (κ3) is 2.71. The molecule has 0 radical (unpaired) electrons. The predicted octanol–water partition coefficient (Wildman–Crippen LogP) is 0.815. The maximum atomic E-state index is 12.3. The Bertz CT molecular complexity index is 576. The minimum atomic E-state index is -0.419. The van der Waals surface area contributed by atoms with Crippen molar-refractivity contribution in [3.05, 3.63) is 18.2 Å². The molecular formula is C14H15NO5S. The van der Waals surface area contributed by atoms with E-state index in [1.807, 2.05) is 0 Å². The standard InChI is InChI=1S/C14H15NO5S/c16-3-6-21-12-8-13(17)15(14(12)18)9-1-2-10-11(7-9)20-5-4-19-10/h1-2,7,12,16H,3-6,8H2/t12-/m0/s1. The van der Waals surface area contributed by atoms with Crippen LogP contribution in [-0.2, 0) is 9.59 Å². The van der Waals surface area contributed by atoms with Gasteiger partial charge in [-0.15, -0.1) is 11.8 Å². The number of amides is 2. The Morgan fingerprint density at radius 3 is 2.76 bits per heavy atom. The molecule has 2 aliphatic heterocycles. The summed E-state index contributed by atoms with van der Waals surface area (Å²) in [6.45, 7) is 0.938. The van der Waals surface area contributed by atoms with E-state index < -0.39 is 5.25 Å². The van der Waals surface area contributed by atoms with Crippen LogP contribution >= 0.6 is 11.8 Å². The van der Waals surface area contributed by atoms with Crippen molar-refractivity contribution >= 4 is 29.3 Å². The zero-order valence-corrected chi connectivity index (χ0v) is 12.1. The van der Waals surface area contributed by atoms with Crippen LogP contribution in [0.1, 0.15) is 6.42 Å². The van der Waals surface area contributed by atoms with Crippen molar-refractivity contribution in [1.29, 1.82) is 0 Å². The highest BCUT2D eigenvalue weighted by molar-refractivity contribution is 8.00. The largest absolute Gasteiger partial charge is 0.486 e. The first-order valence-electron chi connectivity index (χ1n) is 6.69. The van der Waals surface area contributed by atoms with Crippen LogP contribution in [0.25, 0.3) is 0 Å². The fraction of sp³-hybridized carbons (Fsp3) is 0.429. The van der Waals surface area contributed by atoms with Crippen molar-refractivity contribution in [3.63, 3.8) is 0 Å². The van der Waals surface area contributed by atoms with Crippen molar-refractivity contribution in [3.8, 4) is 11.5 Å². The number of hydrogen-bond donors (Lipinski definition) is 1. The van der Waals surface area contributed by atoms with E-state index in [1.54, 1.807) is 18.2 Å². The molecule has 1 atom stereocenters. The molecule has 0 unspecified atom stereocenters. The summed E-state index contributed by atoms with van der Waals surface area (Å²) in [5.41, 5.74) is 0.501. The summed E-state index contributed by atoms with van der Waals surface area (Å²) in [6, 6.07) is 5.05. The molecule has 1 fully saturated rings. The monoisotopic (exact) mass is 309 g/mol. The Balaban J connectivity index is 1.83. The van der Waals surface area contributed by atoms with E-state index in [0.29, 0.717) is 36.2 Å². The number of nitrogens with zero attached hydrogens (tertiary/aromatic N) is 1. The molecular weight excluding hydrogens is 294 g/mol. The number of thioether (sulfide) groups is 1. The van der Waals surface area contributed by atoms with Crippen LogP contribution in [0.2, 0.25) is 0 Å². The number of aliphatic hydroxyl groups is 1. The highest BCUT2D eigenvalue weighted by atomic mass is 32.2. The zero-order valence-electron chi connectivity index (χ0n) is 11.3. The molecule has 0 bridgehead atoms. The number of hydrogen-bond acceptors (Lipinski definition) is 6. The van der Waals surface area contributed by atoms with Gasteiger partial charge in [-0.05, 0) is 12.1 Å². The molecule has 0 spiro atoms. The van der Waals surface area contributed by atoms with E-state index in [1.165, 1.54) is 16.7 Å². The van der Waals surface area contributed by atoms with E-state index in [2.05, 4.69) is 0 Å². The average molecular weight is 309 g/mol. The van der Waals surface area contributed by atoms with Gasteiger partial charge in [0, 0.05) is 18.2 Å². The fourth-order valence-corrected chi connectivity index (χ4v) is 3.27. The van der Waals surface area contributed by atoms with Gasteiger partial charge in [-0.3, -0.25) is 9.59 Å². The van der Waals surface area contributed by atoms with Crippen molar-refractivity contribution in [1.82, 2.24) is 0 Å². The minimum absolute atomic E-state index is 0.00728. The van der Waals surface area contributed by atoms with Crippen LogP contribution in [0.5, 0.6) is 11.5 Å². The number of carbonyl (C=O) groups excluding carboxylic acids is 2. The molecule has 2 heterocycles. The smallest absolute Gasteiger partial charge is 0.247 e. The van der Waals surface area contributed by atoms with Gasteiger partial charge in [-0.25, -0.2) is 4.90 Å². The van der Waals surface area contributed by atoms with E-state index >= 15 is 0 Å². The van der Waals surface area contributed by atoms with Crippen LogP contribution in [0.3, 0.4) is 0 Å². The van der Waals surface area contributed by atoms with Crippen LogP contribution in [0, 0.1) is 0 Å². The first kappa shape index (κ1) is 14.2. The second kappa shape index (κ2) is 5.95. The van der Waals surface area contributed by atoms with Gasteiger partial charge in [0.15, 0.2) is 11.5 Å². The lowest BCUT2D eigenvalue weighted by molar-refractivity contribution is -0.121. The van der Waals surface area contributed by atoms with E-state index in [0.717, 1.165) is 0 Å². The number of ether oxygens (including phenoxy) is 2. The molecule has 7 heteroatoms. The average Bonchev–Trinajstić information content (AvgIpc) is 2.79. The Morgan fingerprint density at radius 1 is 1.24 bits per heavy atom. The van der Waals surface area contributed by atoms with Gasteiger partial charge < -0.3 is 14.6 Å². The summed E-state index contributed by atoms with van der Waals surface area (Å²) in [5, 5.41) is 8.41. The van der Waals surface area contributed by atoms with E-state index in [-0.39, 0.29) is 24.8 Å². The molecule has 1 saturated heterocycles. The molecule has 1 N–H and O–H groups in total. The van der Waals surface area contributed by atoms with Crippen LogP contribution < -0.4 is 14.4 Å². The van der Waals surface area contributed by atoms with Crippen molar-refractivity contribution in [2.45, 2.75) is 11.7 Å². The minimum Gasteiger partial charge on any atom is -0.486 e. The molecule has 3 rings (SSSR count). The van der Waals surface area contributed by atoms with Gasteiger partial charge in [-0.2, -0.15) is 0 Å². The third-order valence-corrected chi connectivity index (χ3v) is 4.49. The van der Waals surface area contributed by atoms with Gasteiger partial charge in [0.2, 0.25) is 11.8 Å². The number of benzene rings is 1. The second-order valence-corrected chi connectivity index (χ2v) is 5.99. The van der Waals surface area contributed by atoms with Gasteiger partial charge in [0.1, 0.15) is 13.2 Å². The molecule has 0 aromatic heterocycles. The first-order valence-corrected chi connectivity index (χ1v) is 7.74. The second-order valence-electron chi connectivity index (χ2n) is 4.68. The van der Waals surface area contributed by atoms with Crippen LogP contribution in [-0.4, -0.2) is 47.7 Å². The fourth-order valence-electron chi connectivity index (χ4n) is 2.37. The molecule has 1 aromatic carbocycles. The normalized spacial score (nSPS) is 21.0. The summed E-state index contributed by atoms with van der Waals surface area (Å²) in [4.78, 5) is 25.6.